The minimum atomic E-state index is -0.330. The third-order valence-corrected chi connectivity index (χ3v) is 3.28. The molecule has 1 atom stereocenters. The first-order valence-electron chi connectivity index (χ1n) is 7.02. The van der Waals surface area contributed by atoms with Gasteiger partial charge < -0.3 is 9.47 Å². The predicted octanol–water partition coefficient (Wildman–Crippen LogP) is 4.07. The van der Waals surface area contributed by atoms with Crippen LogP contribution in [0.25, 0.3) is 0 Å². The molecule has 0 N–H and O–H groups in total. The first-order valence-corrected chi connectivity index (χ1v) is 7.02. The topological polar surface area (TPSA) is 35.5 Å². The summed E-state index contributed by atoms with van der Waals surface area (Å²) >= 11 is 0. The number of benzene rings is 1. The van der Waals surface area contributed by atoms with Crippen LogP contribution in [-0.2, 0) is 4.74 Å². The molecule has 3 nitrogen and oxygen atoms in total. The Hall–Kier alpha value is -1.51. The molecule has 0 amide bonds. The Kier molecular flexibility index (Phi) is 7.01. The number of methoxy groups -OCH3 is 1. The molecule has 0 aromatic heterocycles. The lowest BCUT2D eigenvalue weighted by Crippen LogP contribution is -2.11. The third-order valence-electron chi connectivity index (χ3n) is 3.28. The quantitative estimate of drug-likeness (QED) is 0.664. The van der Waals surface area contributed by atoms with Gasteiger partial charge in [0.1, 0.15) is 5.75 Å². The average Bonchev–Trinajstić information content (AvgIpc) is 2.47. The summed E-state index contributed by atoms with van der Waals surface area (Å²) in [4.78, 5) is 11.4. The molecule has 19 heavy (non-hydrogen) atoms. The van der Waals surface area contributed by atoms with E-state index < -0.39 is 0 Å². The van der Waals surface area contributed by atoms with Crippen LogP contribution >= 0.6 is 0 Å². The summed E-state index contributed by atoms with van der Waals surface area (Å²) < 4.78 is 10.5. The Morgan fingerprint density at radius 3 is 2.74 bits per heavy atom. The lowest BCUT2D eigenvalue weighted by Gasteiger charge is -2.15. The minimum Gasteiger partial charge on any atom is -0.493 e. The summed E-state index contributed by atoms with van der Waals surface area (Å²) in [6, 6.07) is 7.15. The van der Waals surface area contributed by atoms with E-state index >= 15 is 0 Å². The van der Waals surface area contributed by atoms with Crippen molar-refractivity contribution < 1.29 is 14.3 Å². The number of carbonyl (C=O) groups excluding carboxylic acids is 1. The molecular formula is C16H24O3. The molecule has 0 aliphatic carbocycles. The Balaban J connectivity index is 2.54. The minimum absolute atomic E-state index is 0.330. The van der Waals surface area contributed by atoms with Gasteiger partial charge in [0.2, 0.25) is 0 Å². The van der Waals surface area contributed by atoms with Crippen LogP contribution in [0.1, 0.15) is 49.9 Å². The van der Waals surface area contributed by atoms with Gasteiger partial charge in [-0.1, -0.05) is 39.2 Å². The zero-order valence-corrected chi connectivity index (χ0v) is 12.1. The number of unbranched alkanes of at least 4 members (excludes halogenated alkanes) is 1. The number of ether oxygens (including phenoxy) is 2. The molecule has 0 bridgehead atoms. The number of hydrogen-bond acceptors (Lipinski definition) is 3. The predicted molar refractivity (Wildman–Crippen MR) is 76.6 cm³/mol. The van der Waals surface area contributed by atoms with Crippen molar-refractivity contribution >= 4 is 5.97 Å². The molecule has 0 fully saturated rings. The van der Waals surface area contributed by atoms with Crippen LogP contribution in [0.5, 0.6) is 5.75 Å². The second-order valence-corrected chi connectivity index (χ2v) is 4.75. The maximum atomic E-state index is 11.4. The molecule has 0 saturated carbocycles. The van der Waals surface area contributed by atoms with Crippen molar-refractivity contribution in [3.8, 4) is 5.75 Å². The summed E-state index contributed by atoms with van der Waals surface area (Å²) in [5, 5.41) is 0. The fourth-order valence-corrected chi connectivity index (χ4v) is 1.94. The van der Waals surface area contributed by atoms with Gasteiger partial charge in [0.25, 0.3) is 0 Å². The SMILES string of the molecule is CCCCC(CC)COc1cccc(C(=O)OC)c1. The Morgan fingerprint density at radius 1 is 1.32 bits per heavy atom. The molecule has 106 valence electrons. The van der Waals surface area contributed by atoms with Crippen molar-refractivity contribution in [1.82, 2.24) is 0 Å². The highest BCUT2D eigenvalue weighted by atomic mass is 16.5. The van der Waals surface area contributed by atoms with E-state index in [2.05, 4.69) is 13.8 Å². The molecule has 0 aliphatic heterocycles. The van der Waals surface area contributed by atoms with Crippen LogP contribution in [0, 0.1) is 5.92 Å². The molecular weight excluding hydrogens is 240 g/mol. The van der Waals surface area contributed by atoms with Crippen molar-refractivity contribution in [2.45, 2.75) is 39.5 Å². The summed E-state index contributed by atoms with van der Waals surface area (Å²) in [5.41, 5.74) is 0.529. The monoisotopic (exact) mass is 264 g/mol. The fraction of sp³-hybridized carbons (Fsp3) is 0.562. The highest BCUT2D eigenvalue weighted by Gasteiger charge is 2.09. The molecule has 1 aromatic rings. The van der Waals surface area contributed by atoms with Crippen LogP contribution in [0.15, 0.2) is 24.3 Å². The standard InChI is InChI=1S/C16H24O3/c1-4-6-8-13(5-2)12-19-15-10-7-9-14(11-15)16(17)18-3/h7,9-11,13H,4-6,8,12H2,1-3H3. The van der Waals surface area contributed by atoms with Crippen LogP contribution in [-0.4, -0.2) is 19.7 Å². The van der Waals surface area contributed by atoms with E-state index in [1.165, 1.54) is 26.4 Å². The molecule has 1 unspecified atom stereocenters. The van der Waals surface area contributed by atoms with Gasteiger partial charge >= 0.3 is 5.97 Å². The maximum Gasteiger partial charge on any atom is 0.337 e. The Bertz CT molecular complexity index is 387. The smallest absolute Gasteiger partial charge is 0.337 e. The van der Waals surface area contributed by atoms with Crippen molar-refractivity contribution in [2.75, 3.05) is 13.7 Å². The largest absolute Gasteiger partial charge is 0.493 e. The fourth-order valence-electron chi connectivity index (χ4n) is 1.94. The van der Waals surface area contributed by atoms with Gasteiger partial charge in [0.15, 0.2) is 0 Å². The van der Waals surface area contributed by atoms with E-state index in [0.29, 0.717) is 18.1 Å². The van der Waals surface area contributed by atoms with E-state index in [4.69, 9.17) is 9.47 Å². The molecule has 0 spiro atoms. The van der Waals surface area contributed by atoms with Crippen molar-refractivity contribution in [3.05, 3.63) is 29.8 Å². The zero-order valence-electron chi connectivity index (χ0n) is 12.1. The third kappa shape index (κ3) is 5.33. The molecule has 1 rings (SSSR count). The van der Waals surface area contributed by atoms with Gasteiger partial charge in [-0.2, -0.15) is 0 Å². The first kappa shape index (κ1) is 15.5. The molecule has 0 saturated heterocycles. The second kappa shape index (κ2) is 8.57. The van der Waals surface area contributed by atoms with E-state index in [9.17, 15) is 4.79 Å². The van der Waals surface area contributed by atoms with Gasteiger partial charge in [0, 0.05) is 0 Å². The molecule has 3 heteroatoms. The molecule has 0 radical (unpaired) electrons. The number of rotatable bonds is 8. The van der Waals surface area contributed by atoms with E-state index in [-0.39, 0.29) is 5.97 Å². The van der Waals surface area contributed by atoms with Gasteiger partial charge in [0.05, 0.1) is 19.3 Å². The first-order chi connectivity index (χ1) is 9.21. The van der Waals surface area contributed by atoms with Crippen LogP contribution in [0.2, 0.25) is 0 Å². The zero-order chi connectivity index (χ0) is 14.1. The molecule has 1 aromatic carbocycles. The Morgan fingerprint density at radius 2 is 2.11 bits per heavy atom. The normalized spacial score (nSPS) is 11.9. The van der Waals surface area contributed by atoms with Gasteiger partial charge in [-0.3, -0.25) is 0 Å². The summed E-state index contributed by atoms with van der Waals surface area (Å²) in [7, 11) is 1.38. The van der Waals surface area contributed by atoms with Crippen LogP contribution < -0.4 is 4.74 Å². The highest BCUT2D eigenvalue weighted by Crippen LogP contribution is 2.18. The van der Waals surface area contributed by atoms with Gasteiger partial charge in [-0.15, -0.1) is 0 Å². The van der Waals surface area contributed by atoms with Crippen molar-refractivity contribution in [3.63, 3.8) is 0 Å². The van der Waals surface area contributed by atoms with Crippen LogP contribution in [0.4, 0.5) is 0 Å². The van der Waals surface area contributed by atoms with Gasteiger partial charge in [-0.05, 0) is 30.5 Å². The second-order valence-electron chi connectivity index (χ2n) is 4.75. The number of esters is 1. The summed E-state index contributed by atoms with van der Waals surface area (Å²) in [5.74, 6) is 0.989. The van der Waals surface area contributed by atoms with Crippen LogP contribution in [0.3, 0.4) is 0 Å². The van der Waals surface area contributed by atoms with Crippen molar-refractivity contribution in [2.24, 2.45) is 5.92 Å². The molecule has 0 aliphatic rings. The van der Waals surface area contributed by atoms with Crippen molar-refractivity contribution in [1.29, 1.82) is 0 Å². The lowest BCUT2D eigenvalue weighted by atomic mass is 10.0. The van der Waals surface area contributed by atoms with Gasteiger partial charge in [-0.25, -0.2) is 4.79 Å². The lowest BCUT2D eigenvalue weighted by molar-refractivity contribution is 0.0600. The van der Waals surface area contributed by atoms with E-state index in [1.54, 1.807) is 12.1 Å². The number of hydrogen-bond donors (Lipinski definition) is 0. The summed E-state index contributed by atoms with van der Waals surface area (Å²) in [6.45, 7) is 5.10. The maximum absolute atomic E-state index is 11.4. The number of carbonyl (C=O) groups is 1. The average molecular weight is 264 g/mol. The summed E-state index contributed by atoms with van der Waals surface area (Å²) in [6.07, 6.45) is 4.78. The van der Waals surface area contributed by atoms with E-state index in [0.717, 1.165) is 12.2 Å². The Labute approximate surface area is 115 Å². The molecule has 0 heterocycles. The highest BCUT2D eigenvalue weighted by molar-refractivity contribution is 5.89. The van der Waals surface area contributed by atoms with E-state index in [1.807, 2.05) is 12.1 Å².